The molecule has 6 heteroatoms. The van der Waals surface area contributed by atoms with Gasteiger partial charge in [0.25, 0.3) is 0 Å². The maximum atomic E-state index is 11.9. The topological polar surface area (TPSA) is 81.7 Å². The van der Waals surface area contributed by atoms with Gasteiger partial charge < -0.3 is 14.8 Å². The van der Waals surface area contributed by atoms with Gasteiger partial charge in [-0.25, -0.2) is 14.4 Å². The Kier molecular flexibility index (Phi) is 8.03. The maximum absolute atomic E-state index is 11.9. The highest BCUT2D eigenvalue weighted by atomic mass is 16.6. The minimum Gasteiger partial charge on any atom is -0.462 e. The van der Waals surface area contributed by atoms with E-state index in [1.807, 2.05) is 12.1 Å². The van der Waals surface area contributed by atoms with E-state index in [1.165, 1.54) is 5.56 Å². The average molecular weight is 369 g/mol. The molecule has 2 aromatic carbocycles. The first kappa shape index (κ1) is 20.2. The molecule has 0 aromatic heterocycles. The number of ether oxygens (including phenoxy) is 2. The third-order valence-electron chi connectivity index (χ3n) is 3.75. The van der Waals surface area contributed by atoms with Gasteiger partial charge in [-0.1, -0.05) is 43.7 Å². The van der Waals surface area contributed by atoms with Crippen molar-refractivity contribution >= 4 is 18.0 Å². The van der Waals surface area contributed by atoms with Crippen molar-refractivity contribution in [2.24, 2.45) is 0 Å². The minimum atomic E-state index is -0.832. The molecule has 0 saturated carbocycles. The van der Waals surface area contributed by atoms with Crippen LogP contribution in [-0.2, 0) is 15.9 Å². The number of carbonyl (C=O) groups excluding carboxylic acids is 3. The van der Waals surface area contributed by atoms with Crippen molar-refractivity contribution in [1.82, 2.24) is 5.32 Å². The summed E-state index contributed by atoms with van der Waals surface area (Å²) in [6.07, 6.45) is 1.61. The van der Waals surface area contributed by atoms with Gasteiger partial charge in [-0.3, -0.25) is 0 Å². The summed E-state index contributed by atoms with van der Waals surface area (Å²) in [4.78, 5) is 35.2. The van der Waals surface area contributed by atoms with Gasteiger partial charge in [0, 0.05) is 6.54 Å². The number of esters is 2. The molecule has 0 spiro atoms. The van der Waals surface area contributed by atoms with E-state index in [4.69, 9.17) is 4.74 Å². The van der Waals surface area contributed by atoms with Gasteiger partial charge in [-0.2, -0.15) is 0 Å². The van der Waals surface area contributed by atoms with E-state index < -0.39 is 18.0 Å². The Labute approximate surface area is 158 Å². The van der Waals surface area contributed by atoms with E-state index in [0.717, 1.165) is 12.8 Å². The van der Waals surface area contributed by atoms with E-state index in [9.17, 15) is 14.4 Å². The zero-order valence-electron chi connectivity index (χ0n) is 15.3. The van der Waals surface area contributed by atoms with Crippen molar-refractivity contribution in [2.75, 3.05) is 13.2 Å². The van der Waals surface area contributed by atoms with Crippen LogP contribution in [0.15, 0.2) is 54.6 Å². The molecule has 2 rings (SSSR count). The fourth-order valence-corrected chi connectivity index (χ4v) is 2.36. The lowest BCUT2D eigenvalue weighted by Crippen LogP contribution is -2.28. The van der Waals surface area contributed by atoms with Crippen LogP contribution in [0.1, 0.15) is 46.0 Å². The molecule has 1 N–H and O–H groups in total. The van der Waals surface area contributed by atoms with E-state index in [1.54, 1.807) is 42.5 Å². The van der Waals surface area contributed by atoms with Gasteiger partial charge in [0.05, 0.1) is 17.7 Å². The highest BCUT2D eigenvalue weighted by Gasteiger charge is 2.12. The Morgan fingerprint density at radius 2 is 1.56 bits per heavy atom. The molecule has 2 aromatic rings. The van der Waals surface area contributed by atoms with E-state index in [-0.39, 0.29) is 13.2 Å². The van der Waals surface area contributed by atoms with Crippen LogP contribution in [-0.4, -0.2) is 31.2 Å². The molecule has 0 aliphatic carbocycles. The number of rotatable bonds is 8. The number of aryl methyl sites for hydroxylation is 1. The number of benzene rings is 2. The fraction of sp³-hybridized carbons (Fsp3) is 0.286. The molecule has 142 valence electrons. The van der Waals surface area contributed by atoms with Gasteiger partial charge in [-0.05, 0) is 42.7 Å². The van der Waals surface area contributed by atoms with Crippen molar-refractivity contribution in [1.29, 1.82) is 0 Å². The molecular formula is C21H23NO5. The molecule has 0 aliphatic rings. The van der Waals surface area contributed by atoms with Gasteiger partial charge in [-0.15, -0.1) is 0 Å². The smallest absolute Gasteiger partial charge is 0.415 e. The van der Waals surface area contributed by atoms with Crippen LogP contribution in [0.2, 0.25) is 0 Å². The number of carbonyl (C=O) groups is 3. The monoisotopic (exact) mass is 369 g/mol. The standard InChI is InChI=1S/C21H23NO5/c1-2-7-16-10-12-18(13-11-16)19(23)26-15-6-14-22-21(25)27-20(24)17-8-4-3-5-9-17/h3-5,8-13H,2,6-7,14-15H2,1H3,(H,22,25). The molecule has 0 aliphatic heterocycles. The molecular weight excluding hydrogens is 346 g/mol. The quantitative estimate of drug-likeness (QED) is 0.435. The predicted octanol–water partition coefficient (Wildman–Crippen LogP) is 3.75. The second kappa shape index (κ2) is 10.8. The summed E-state index contributed by atoms with van der Waals surface area (Å²) in [7, 11) is 0. The van der Waals surface area contributed by atoms with Crippen LogP contribution in [0.4, 0.5) is 4.79 Å². The minimum absolute atomic E-state index is 0.155. The van der Waals surface area contributed by atoms with Crippen LogP contribution in [0.5, 0.6) is 0 Å². The molecule has 0 saturated heterocycles. The molecule has 6 nitrogen and oxygen atoms in total. The summed E-state index contributed by atoms with van der Waals surface area (Å²) in [6.45, 7) is 2.48. The molecule has 0 bridgehead atoms. The Morgan fingerprint density at radius 1 is 0.889 bits per heavy atom. The normalized spacial score (nSPS) is 10.1. The van der Waals surface area contributed by atoms with Crippen molar-refractivity contribution in [3.05, 3.63) is 71.3 Å². The summed E-state index contributed by atoms with van der Waals surface area (Å²) >= 11 is 0. The number of hydrogen-bond acceptors (Lipinski definition) is 5. The number of alkyl carbamates (subject to hydrolysis) is 1. The summed E-state index contributed by atoms with van der Waals surface area (Å²) in [5.41, 5.74) is 1.98. The highest BCUT2D eigenvalue weighted by molar-refractivity contribution is 5.96. The average Bonchev–Trinajstić information content (AvgIpc) is 2.69. The maximum Gasteiger partial charge on any atom is 0.415 e. The van der Waals surface area contributed by atoms with Crippen molar-refractivity contribution in [3.63, 3.8) is 0 Å². The second-order valence-electron chi connectivity index (χ2n) is 5.91. The largest absolute Gasteiger partial charge is 0.462 e. The fourth-order valence-electron chi connectivity index (χ4n) is 2.36. The number of hydrogen-bond donors (Lipinski definition) is 1. The van der Waals surface area contributed by atoms with Gasteiger partial charge in [0.15, 0.2) is 0 Å². The Morgan fingerprint density at radius 3 is 2.22 bits per heavy atom. The lowest BCUT2D eigenvalue weighted by atomic mass is 10.1. The Hall–Kier alpha value is -3.15. The van der Waals surface area contributed by atoms with Crippen molar-refractivity contribution in [2.45, 2.75) is 26.2 Å². The molecule has 0 unspecified atom stereocenters. The lowest BCUT2D eigenvalue weighted by molar-refractivity contribution is 0.0501. The molecule has 0 radical (unpaired) electrons. The summed E-state index contributed by atoms with van der Waals surface area (Å²) in [5.74, 6) is -1.12. The predicted molar refractivity (Wildman–Crippen MR) is 101 cm³/mol. The van der Waals surface area contributed by atoms with Crippen LogP contribution in [0.25, 0.3) is 0 Å². The zero-order valence-corrected chi connectivity index (χ0v) is 15.3. The summed E-state index contributed by atoms with van der Waals surface area (Å²) < 4.78 is 9.83. The first-order valence-electron chi connectivity index (χ1n) is 8.91. The third-order valence-corrected chi connectivity index (χ3v) is 3.75. The van der Waals surface area contributed by atoms with Crippen LogP contribution >= 0.6 is 0 Å². The number of amides is 1. The Bertz CT molecular complexity index is 756. The molecule has 0 atom stereocenters. The van der Waals surface area contributed by atoms with E-state index in [0.29, 0.717) is 17.5 Å². The molecule has 0 heterocycles. The van der Waals surface area contributed by atoms with Gasteiger partial charge in [0.1, 0.15) is 0 Å². The van der Waals surface area contributed by atoms with Crippen LogP contribution in [0.3, 0.4) is 0 Å². The molecule has 1 amide bonds. The zero-order chi connectivity index (χ0) is 19.5. The first-order valence-corrected chi connectivity index (χ1v) is 8.91. The number of nitrogens with one attached hydrogen (secondary N) is 1. The summed E-state index contributed by atoms with van der Waals surface area (Å²) in [6, 6.07) is 15.6. The van der Waals surface area contributed by atoms with Gasteiger partial charge >= 0.3 is 18.0 Å². The highest BCUT2D eigenvalue weighted by Crippen LogP contribution is 2.08. The second-order valence-corrected chi connectivity index (χ2v) is 5.91. The van der Waals surface area contributed by atoms with E-state index in [2.05, 4.69) is 17.0 Å². The van der Waals surface area contributed by atoms with Gasteiger partial charge in [0.2, 0.25) is 0 Å². The lowest BCUT2D eigenvalue weighted by Gasteiger charge is -2.07. The SMILES string of the molecule is CCCc1ccc(C(=O)OCCCNC(=O)OC(=O)c2ccccc2)cc1. The molecule has 27 heavy (non-hydrogen) atoms. The van der Waals surface area contributed by atoms with Crippen molar-refractivity contribution < 1.29 is 23.9 Å². The summed E-state index contributed by atoms with van der Waals surface area (Å²) in [5, 5.41) is 2.45. The Balaban J connectivity index is 1.62. The third kappa shape index (κ3) is 6.93. The van der Waals surface area contributed by atoms with Crippen molar-refractivity contribution in [3.8, 4) is 0 Å². The van der Waals surface area contributed by atoms with E-state index >= 15 is 0 Å². The van der Waals surface area contributed by atoms with Crippen LogP contribution in [0, 0.1) is 0 Å². The van der Waals surface area contributed by atoms with Crippen LogP contribution < -0.4 is 5.32 Å². The first-order chi connectivity index (χ1) is 13.1. The molecule has 0 fully saturated rings.